The molecule has 130 valence electrons. The van der Waals surface area contributed by atoms with Crippen molar-refractivity contribution in [1.29, 1.82) is 0 Å². The van der Waals surface area contributed by atoms with Gasteiger partial charge in [-0.25, -0.2) is 13.1 Å². The van der Waals surface area contributed by atoms with Crippen LogP contribution in [-0.2, 0) is 10.0 Å². The van der Waals surface area contributed by atoms with Gasteiger partial charge in [-0.3, -0.25) is 0 Å². The second-order valence-electron chi connectivity index (χ2n) is 6.81. The Kier molecular flexibility index (Phi) is 5.38. The molecule has 0 aromatic heterocycles. The Morgan fingerprint density at radius 1 is 1.30 bits per heavy atom. The van der Waals surface area contributed by atoms with Crippen molar-refractivity contribution >= 4 is 10.0 Å². The van der Waals surface area contributed by atoms with Crippen molar-refractivity contribution in [1.82, 2.24) is 4.72 Å². The number of nitrogens with two attached hydrogens (primary N) is 1. The van der Waals surface area contributed by atoms with Gasteiger partial charge in [0.2, 0.25) is 10.0 Å². The Morgan fingerprint density at radius 2 is 1.91 bits per heavy atom. The van der Waals surface area contributed by atoms with Crippen LogP contribution in [0.15, 0.2) is 17.0 Å². The van der Waals surface area contributed by atoms with Gasteiger partial charge in [-0.15, -0.1) is 0 Å². The summed E-state index contributed by atoms with van der Waals surface area (Å²) in [6, 6.07) is 3.54. The zero-order valence-corrected chi connectivity index (χ0v) is 15.3. The third-order valence-electron chi connectivity index (χ3n) is 4.74. The van der Waals surface area contributed by atoms with Crippen LogP contribution >= 0.6 is 0 Å². The van der Waals surface area contributed by atoms with E-state index in [1.165, 1.54) is 0 Å². The number of rotatable bonds is 6. The van der Waals surface area contributed by atoms with E-state index in [9.17, 15) is 8.42 Å². The van der Waals surface area contributed by atoms with Gasteiger partial charge in [0.15, 0.2) is 0 Å². The molecule has 23 heavy (non-hydrogen) atoms. The third-order valence-corrected chi connectivity index (χ3v) is 6.46. The first kappa shape index (κ1) is 18.2. The van der Waals surface area contributed by atoms with E-state index in [1.807, 2.05) is 13.8 Å². The van der Waals surface area contributed by atoms with Crippen molar-refractivity contribution in [3.05, 3.63) is 23.3 Å². The molecule has 1 aromatic rings. The molecule has 0 unspecified atom stereocenters. The Bertz CT molecular complexity index is 663. The topological polar surface area (TPSA) is 81.4 Å². The summed E-state index contributed by atoms with van der Waals surface area (Å²) >= 11 is 0. The molecule has 5 nitrogen and oxygen atoms in total. The van der Waals surface area contributed by atoms with Gasteiger partial charge in [-0.2, -0.15) is 0 Å². The average Bonchev–Trinajstić information content (AvgIpc) is 2.94. The molecule has 0 spiro atoms. The molecule has 2 rings (SSSR count). The number of nitrogens with one attached hydrogen (secondary N) is 1. The number of hydrogen-bond donors (Lipinski definition) is 2. The van der Waals surface area contributed by atoms with Crippen LogP contribution in [0.3, 0.4) is 0 Å². The van der Waals surface area contributed by atoms with Gasteiger partial charge in [-0.1, -0.05) is 26.7 Å². The lowest BCUT2D eigenvalue weighted by Gasteiger charge is -2.29. The Labute approximate surface area is 139 Å². The number of hydrogen-bond acceptors (Lipinski definition) is 4. The maximum Gasteiger partial charge on any atom is 0.241 e. The van der Waals surface area contributed by atoms with E-state index >= 15 is 0 Å². The van der Waals surface area contributed by atoms with E-state index in [0.717, 1.165) is 37.0 Å². The second kappa shape index (κ2) is 6.79. The first-order valence-electron chi connectivity index (χ1n) is 8.17. The van der Waals surface area contributed by atoms with Crippen LogP contribution < -0.4 is 15.2 Å². The molecule has 0 aliphatic heterocycles. The number of benzene rings is 1. The minimum Gasteiger partial charge on any atom is -0.496 e. The smallest absolute Gasteiger partial charge is 0.241 e. The molecule has 1 fully saturated rings. The van der Waals surface area contributed by atoms with Gasteiger partial charge in [0.25, 0.3) is 0 Å². The van der Waals surface area contributed by atoms with Gasteiger partial charge in [0.1, 0.15) is 5.75 Å². The number of methoxy groups -OCH3 is 1. The van der Waals surface area contributed by atoms with E-state index in [0.29, 0.717) is 17.0 Å². The minimum absolute atomic E-state index is 0.175. The molecule has 1 aliphatic carbocycles. The standard InChI is InChI=1S/C17H28N2O3S/c1-12(2)14-10-16(13(3)9-15(14)22-4)23(20,21)19-17(11-18)7-5-6-8-17/h9-10,12,19H,5-8,11,18H2,1-4H3. The van der Waals surface area contributed by atoms with Crippen LogP contribution in [-0.4, -0.2) is 27.6 Å². The van der Waals surface area contributed by atoms with E-state index < -0.39 is 15.6 Å². The summed E-state index contributed by atoms with van der Waals surface area (Å²) in [5.41, 5.74) is 6.95. The average molecular weight is 340 g/mol. The van der Waals surface area contributed by atoms with Crippen molar-refractivity contribution in [3.63, 3.8) is 0 Å². The first-order valence-corrected chi connectivity index (χ1v) is 9.65. The van der Waals surface area contributed by atoms with Crippen LogP contribution in [0, 0.1) is 6.92 Å². The van der Waals surface area contributed by atoms with Gasteiger partial charge >= 0.3 is 0 Å². The lowest BCUT2D eigenvalue weighted by atomic mass is 10.0. The Hall–Kier alpha value is -1.11. The second-order valence-corrected chi connectivity index (χ2v) is 8.46. The van der Waals surface area contributed by atoms with Gasteiger partial charge in [0, 0.05) is 12.1 Å². The van der Waals surface area contributed by atoms with Crippen LogP contribution in [0.25, 0.3) is 0 Å². The Balaban J connectivity index is 2.45. The van der Waals surface area contributed by atoms with Crippen molar-refractivity contribution in [3.8, 4) is 5.75 Å². The largest absolute Gasteiger partial charge is 0.496 e. The molecular formula is C17H28N2O3S. The monoisotopic (exact) mass is 340 g/mol. The summed E-state index contributed by atoms with van der Waals surface area (Å²) in [5, 5.41) is 0. The zero-order chi connectivity index (χ0) is 17.3. The highest BCUT2D eigenvalue weighted by molar-refractivity contribution is 7.89. The van der Waals surface area contributed by atoms with Crippen molar-refractivity contribution in [2.24, 2.45) is 5.73 Å². The molecule has 0 radical (unpaired) electrons. The molecule has 1 aliphatic rings. The number of ether oxygens (including phenoxy) is 1. The van der Waals surface area contributed by atoms with Crippen LogP contribution in [0.5, 0.6) is 5.75 Å². The summed E-state index contributed by atoms with van der Waals surface area (Å²) in [5.74, 6) is 0.903. The van der Waals surface area contributed by atoms with Crippen LogP contribution in [0.1, 0.15) is 56.6 Å². The first-order chi connectivity index (χ1) is 10.7. The van der Waals surface area contributed by atoms with Crippen molar-refractivity contribution < 1.29 is 13.2 Å². The van der Waals surface area contributed by atoms with Gasteiger partial charge < -0.3 is 10.5 Å². The molecule has 6 heteroatoms. The highest BCUT2D eigenvalue weighted by Crippen LogP contribution is 2.34. The summed E-state index contributed by atoms with van der Waals surface area (Å²) in [6.07, 6.45) is 3.63. The number of sulfonamides is 1. The molecule has 0 bridgehead atoms. The molecule has 0 amide bonds. The molecule has 1 saturated carbocycles. The SMILES string of the molecule is COc1cc(C)c(S(=O)(=O)NC2(CN)CCCC2)cc1C(C)C. The zero-order valence-electron chi connectivity index (χ0n) is 14.5. The molecule has 0 heterocycles. The summed E-state index contributed by atoms with van der Waals surface area (Å²) in [4.78, 5) is 0.321. The van der Waals surface area contributed by atoms with Crippen LogP contribution in [0.4, 0.5) is 0 Å². The highest BCUT2D eigenvalue weighted by Gasteiger charge is 2.37. The molecular weight excluding hydrogens is 312 g/mol. The Morgan fingerprint density at radius 3 is 2.39 bits per heavy atom. The maximum absolute atomic E-state index is 12.9. The summed E-state index contributed by atoms with van der Waals surface area (Å²) < 4.78 is 34.2. The third kappa shape index (κ3) is 3.70. The quantitative estimate of drug-likeness (QED) is 0.834. The minimum atomic E-state index is -3.61. The highest BCUT2D eigenvalue weighted by atomic mass is 32.2. The van der Waals surface area contributed by atoms with E-state index in [4.69, 9.17) is 10.5 Å². The fourth-order valence-corrected chi connectivity index (χ4v) is 5.07. The van der Waals surface area contributed by atoms with Crippen LogP contribution in [0.2, 0.25) is 0 Å². The summed E-state index contributed by atoms with van der Waals surface area (Å²) in [7, 11) is -2.01. The normalized spacial score (nSPS) is 17.7. The fourth-order valence-electron chi connectivity index (χ4n) is 3.33. The van der Waals surface area contributed by atoms with Gasteiger partial charge in [0.05, 0.1) is 12.0 Å². The predicted molar refractivity (Wildman–Crippen MR) is 92.4 cm³/mol. The fraction of sp³-hybridized carbons (Fsp3) is 0.647. The molecule has 3 N–H and O–H groups in total. The van der Waals surface area contributed by atoms with Gasteiger partial charge in [-0.05, 0) is 48.9 Å². The van der Waals surface area contributed by atoms with E-state index in [1.54, 1.807) is 26.2 Å². The van der Waals surface area contributed by atoms with Crippen molar-refractivity contribution in [2.75, 3.05) is 13.7 Å². The molecule has 0 atom stereocenters. The van der Waals surface area contributed by atoms with E-state index in [2.05, 4.69) is 4.72 Å². The molecule has 1 aromatic carbocycles. The predicted octanol–water partition coefficient (Wildman–Crippen LogP) is 2.68. The lowest BCUT2D eigenvalue weighted by Crippen LogP contribution is -2.51. The summed E-state index contributed by atoms with van der Waals surface area (Å²) in [6.45, 7) is 6.17. The van der Waals surface area contributed by atoms with Crippen molar-refractivity contribution in [2.45, 2.75) is 62.8 Å². The molecule has 0 saturated heterocycles. The van der Waals surface area contributed by atoms with E-state index in [-0.39, 0.29) is 5.92 Å². The lowest BCUT2D eigenvalue weighted by molar-refractivity contribution is 0.398. The maximum atomic E-state index is 12.9. The number of aryl methyl sites for hydroxylation is 1.